The Labute approximate surface area is 135 Å². The molecule has 4 rings (SSSR count). The lowest BCUT2D eigenvalue weighted by atomic mass is 9.87. The quantitative estimate of drug-likeness (QED) is 0.775. The molecule has 0 aromatic carbocycles. The number of nitrogen functional groups attached to an aromatic ring is 1. The van der Waals surface area contributed by atoms with Gasteiger partial charge in [-0.15, -0.1) is 0 Å². The van der Waals surface area contributed by atoms with Gasteiger partial charge in [-0.2, -0.15) is 13.2 Å². The minimum Gasteiger partial charge on any atom is -0.383 e. The number of pyridine rings is 3. The Kier molecular flexibility index (Phi) is 3.03. The van der Waals surface area contributed by atoms with Crippen molar-refractivity contribution in [2.24, 2.45) is 0 Å². The van der Waals surface area contributed by atoms with E-state index < -0.39 is 11.6 Å². The third-order valence-electron chi connectivity index (χ3n) is 4.56. The second kappa shape index (κ2) is 4.90. The second-order valence-electron chi connectivity index (χ2n) is 5.96. The van der Waals surface area contributed by atoms with E-state index in [4.69, 9.17) is 5.73 Å². The Hall–Kier alpha value is -2.70. The molecule has 0 saturated heterocycles. The van der Waals surface area contributed by atoms with Crippen LogP contribution in [0.1, 0.15) is 18.4 Å². The summed E-state index contributed by atoms with van der Waals surface area (Å²) >= 11 is 0. The molecule has 0 amide bonds. The Balaban J connectivity index is 2.12. The van der Waals surface area contributed by atoms with Crippen LogP contribution in [0.4, 0.5) is 19.0 Å². The van der Waals surface area contributed by atoms with E-state index in [0.29, 0.717) is 16.3 Å². The van der Waals surface area contributed by atoms with Crippen molar-refractivity contribution in [3.8, 4) is 11.3 Å². The SMILES string of the molecule is Nc1nc(-c2ccncc2)c(C2(C(F)(F)F)CC2)c2cnccc12. The van der Waals surface area contributed by atoms with Gasteiger partial charge in [0.25, 0.3) is 0 Å². The number of nitrogens with zero attached hydrogens (tertiary/aromatic N) is 3. The first-order valence-corrected chi connectivity index (χ1v) is 7.45. The van der Waals surface area contributed by atoms with Crippen LogP contribution in [0.5, 0.6) is 0 Å². The first-order chi connectivity index (χ1) is 11.4. The molecule has 0 spiro atoms. The van der Waals surface area contributed by atoms with Crippen LogP contribution in [0.25, 0.3) is 22.0 Å². The molecule has 3 aromatic heterocycles. The Morgan fingerprint density at radius 3 is 2.25 bits per heavy atom. The van der Waals surface area contributed by atoms with Gasteiger partial charge in [-0.25, -0.2) is 4.98 Å². The van der Waals surface area contributed by atoms with Crippen molar-refractivity contribution in [2.75, 3.05) is 5.73 Å². The van der Waals surface area contributed by atoms with Crippen molar-refractivity contribution in [1.29, 1.82) is 0 Å². The van der Waals surface area contributed by atoms with Crippen molar-refractivity contribution >= 4 is 16.6 Å². The lowest BCUT2D eigenvalue weighted by Gasteiger charge is -2.24. The number of anilines is 1. The van der Waals surface area contributed by atoms with Gasteiger partial charge < -0.3 is 5.73 Å². The molecule has 0 aliphatic heterocycles. The molecule has 2 N–H and O–H groups in total. The minimum atomic E-state index is -4.35. The molecule has 7 heteroatoms. The van der Waals surface area contributed by atoms with E-state index >= 15 is 0 Å². The fourth-order valence-electron chi connectivity index (χ4n) is 3.18. The number of halogens is 3. The molecule has 0 bridgehead atoms. The smallest absolute Gasteiger partial charge is 0.383 e. The topological polar surface area (TPSA) is 64.7 Å². The number of hydrogen-bond acceptors (Lipinski definition) is 4. The first-order valence-electron chi connectivity index (χ1n) is 7.45. The molecule has 0 atom stereocenters. The Bertz CT molecular complexity index is 918. The number of nitrogens with two attached hydrogens (primary N) is 1. The van der Waals surface area contributed by atoms with Crippen molar-refractivity contribution in [2.45, 2.75) is 24.4 Å². The van der Waals surface area contributed by atoms with Crippen LogP contribution in [0.3, 0.4) is 0 Å². The number of rotatable bonds is 2. The predicted octanol–water partition coefficient (Wildman–Crippen LogP) is 3.87. The average molecular weight is 330 g/mol. The van der Waals surface area contributed by atoms with Gasteiger partial charge in [0.15, 0.2) is 0 Å². The van der Waals surface area contributed by atoms with Gasteiger partial charge >= 0.3 is 6.18 Å². The van der Waals surface area contributed by atoms with E-state index in [0.717, 1.165) is 0 Å². The summed E-state index contributed by atoms with van der Waals surface area (Å²) in [6.45, 7) is 0. The average Bonchev–Trinajstić information content (AvgIpc) is 3.37. The predicted molar refractivity (Wildman–Crippen MR) is 84.1 cm³/mol. The molecule has 3 heterocycles. The summed E-state index contributed by atoms with van der Waals surface area (Å²) in [5, 5.41) is 0.903. The molecule has 1 saturated carbocycles. The summed E-state index contributed by atoms with van der Waals surface area (Å²) in [4.78, 5) is 12.2. The van der Waals surface area contributed by atoms with Crippen LogP contribution in [0, 0.1) is 0 Å². The summed E-state index contributed by atoms with van der Waals surface area (Å²) in [6, 6.07) is 4.88. The molecule has 1 aliphatic rings. The maximum absolute atomic E-state index is 13.8. The van der Waals surface area contributed by atoms with Gasteiger partial charge in [0.1, 0.15) is 5.82 Å². The van der Waals surface area contributed by atoms with Crippen LogP contribution < -0.4 is 5.73 Å². The van der Waals surface area contributed by atoms with Gasteiger partial charge in [-0.1, -0.05) is 0 Å². The summed E-state index contributed by atoms with van der Waals surface area (Å²) in [7, 11) is 0. The van der Waals surface area contributed by atoms with Gasteiger partial charge in [-0.3, -0.25) is 9.97 Å². The van der Waals surface area contributed by atoms with Crippen LogP contribution in [0.2, 0.25) is 0 Å². The Morgan fingerprint density at radius 1 is 0.958 bits per heavy atom. The molecule has 0 radical (unpaired) electrons. The molecular formula is C17H13F3N4. The summed E-state index contributed by atoms with van der Waals surface area (Å²) in [5.74, 6) is 0.195. The van der Waals surface area contributed by atoms with E-state index in [-0.39, 0.29) is 29.9 Å². The van der Waals surface area contributed by atoms with Crippen molar-refractivity contribution < 1.29 is 13.2 Å². The zero-order valence-electron chi connectivity index (χ0n) is 12.5. The molecule has 1 aliphatic carbocycles. The molecule has 4 nitrogen and oxygen atoms in total. The fraction of sp³-hybridized carbons (Fsp3) is 0.235. The highest BCUT2D eigenvalue weighted by atomic mass is 19.4. The second-order valence-corrected chi connectivity index (χ2v) is 5.96. The van der Waals surface area contributed by atoms with E-state index in [9.17, 15) is 13.2 Å². The lowest BCUT2D eigenvalue weighted by Crippen LogP contribution is -2.30. The monoisotopic (exact) mass is 330 g/mol. The first kappa shape index (κ1) is 14.9. The van der Waals surface area contributed by atoms with E-state index in [1.54, 1.807) is 18.2 Å². The largest absolute Gasteiger partial charge is 0.398 e. The highest BCUT2D eigenvalue weighted by Gasteiger charge is 2.65. The van der Waals surface area contributed by atoms with Crippen molar-refractivity contribution in [3.63, 3.8) is 0 Å². The number of aromatic nitrogens is 3. The van der Waals surface area contributed by atoms with Crippen molar-refractivity contribution in [1.82, 2.24) is 15.0 Å². The van der Waals surface area contributed by atoms with Gasteiger partial charge in [0.2, 0.25) is 0 Å². The maximum atomic E-state index is 13.8. The maximum Gasteiger partial charge on any atom is 0.398 e. The zero-order valence-corrected chi connectivity index (χ0v) is 12.5. The Morgan fingerprint density at radius 2 is 1.62 bits per heavy atom. The molecule has 1 fully saturated rings. The third kappa shape index (κ3) is 2.04. The summed E-state index contributed by atoms with van der Waals surface area (Å²) in [5.41, 5.74) is 5.10. The highest BCUT2D eigenvalue weighted by molar-refractivity contribution is 5.97. The zero-order chi connectivity index (χ0) is 16.9. The summed E-state index contributed by atoms with van der Waals surface area (Å²) in [6.07, 6.45) is 1.74. The number of alkyl halides is 3. The molecule has 0 unspecified atom stereocenters. The molecule has 24 heavy (non-hydrogen) atoms. The normalized spacial score (nSPS) is 16.3. The standard InChI is InChI=1S/C17H13F3N4/c18-17(19,20)16(4-5-16)13-12-9-23-8-3-11(12)15(21)24-14(13)10-1-6-22-7-2-10/h1-3,6-9H,4-5H2,(H2,21,24). The third-order valence-corrected chi connectivity index (χ3v) is 4.56. The molecule has 122 valence electrons. The minimum absolute atomic E-state index is 0.0458. The summed E-state index contributed by atoms with van der Waals surface area (Å²) < 4.78 is 41.4. The van der Waals surface area contributed by atoms with Gasteiger partial charge in [-0.05, 0) is 31.0 Å². The number of hydrogen-bond donors (Lipinski definition) is 1. The number of fused-ring (bicyclic) bond motifs is 1. The van der Waals surface area contributed by atoms with E-state index in [1.165, 1.54) is 24.8 Å². The van der Waals surface area contributed by atoms with Gasteiger partial charge in [0.05, 0.1) is 11.1 Å². The van der Waals surface area contributed by atoms with Crippen LogP contribution in [0.15, 0.2) is 43.0 Å². The van der Waals surface area contributed by atoms with E-state index in [2.05, 4.69) is 15.0 Å². The lowest BCUT2D eigenvalue weighted by molar-refractivity contribution is -0.160. The molecule has 3 aromatic rings. The van der Waals surface area contributed by atoms with Crippen LogP contribution >= 0.6 is 0 Å². The van der Waals surface area contributed by atoms with Crippen LogP contribution in [-0.2, 0) is 5.41 Å². The molecular weight excluding hydrogens is 317 g/mol. The fourth-order valence-corrected chi connectivity index (χ4v) is 3.18. The van der Waals surface area contributed by atoms with Gasteiger partial charge in [0, 0.05) is 46.7 Å². The van der Waals surface area contributed by atoms with E-state index in [1.807, 2.05) is 0 Å². The highest BCUT2D eigenvalue weighted by Crippen LogP contribution is 2.62. The van der Waals surface area contributed by atoms with Crippen molar-refractivity contribution in [3.05, 3.63) is 48.5 Å². The van der Waals surface area contributed by atoms with Crippen LogP contribution in [-0.4, -0.2) is 21.1 Å².